The highest BCUT2D eigenvalue weighted by atomic mass is 32.2. The summed E-state index contributed by atoms with van der Waals surface area (Å²) in [5.74, 6) is 0.402. The van der Waals surface area contributed by atoms with E-state index in [0.29, 0.717) is 40.2 Å². The van der Waals surface area contributed by atoms with Crippen molar-refractivity contribution in [2.24, 2.45) is 4.99 Å². The van der Waals surface area contributed by atoms with Crippen LogP contribution in [0, 0.1) is 0 Å². The number of hydrogen-bond acceptors (Lipinski definition) is 10. The van der Waals surface area contributed by atoms with Gasteiger partial charge in [-0.05, 0) is 42.2 Å². The predicted molar refractivity (Wildman–Crippen MR) is 143 cm³/mol. The number of rotatable bonds is 11. The first-order chi connectivity index (χ1) is 18.5. The van der Waals surface area contributed by atoms with Crippen LogP contribution in [-0.2, 0) is 25.6 Å². The number of allylic oxidation sites excluding steroid dienone is 1. The van der Waals surface area contributed by atoms with E-state index >= 15 is 0 Å². The first-order valence-corrected chi connectivity index (χ1v) is 12.8. The average molecular weight is 539 g/mol. The van der Waals surface area contributed by atoms with Gasteiger partial charge in [0, 0.05) is 19.0 Å². The van der Waals surface area contributed by atoms with E-state index in [9.17, 15) is 9.59 Å². The Morgan fingerprint density at radius 2 is 1.89 bits per heavy atom. The Balaban J connectivity index is 1.65. The summed E-state index contributed by atoms with van der Waals surface area (Å²) in [6.07, 6.45) is 1.78. The molecule has 1 aromatic carbocycles. The molecule has 10 nitrogen and oxygen atoms in total. The molecular weight excluding hydrogens is 508 g/mol. The largest absolute Gasteiger partial charge is 0.493 e. The lowest BCUT2D eigenvalue weighted by atomic mass is 9.93. The molecule has 2 aliphatic heterocycles. The van der Waals surface area contributed by atoms with E-state index in [1.54, 1.807) is 40.5 Å². The molecule has 0 bridgehead atoms. The lowest BCUT2D eigenvalue weighted by molar-refractivity contribution is -0.141. The van der Waals surface area contributed by atoms with Crippen LogP contribution < -0.4 is 14.8 Å². The van der Waals surface area contributed by atoms with Crippen LogP contribution in [0.25, 0.3) is 0 Å². The number of pyridine rings is 1. The van der Waals surface area contributed by atoms with Gasteiger partial charge in [0.15, 0.2) is 16.7 Å². The summed E-state index contributed by atoms with van der Waals surface area (Å²) in [5, 5.41) is 5.47. The maximum absolute atomic E-state index is 13.3. The van der Waals surface area contributed by atoms with Gasteiger partial charge in [0.05, 0.1) is 56.8 Å². The molecule has 200 valence electrons. The Kier molecular flexibility index (Phi) is 9.03. The van der Waals surface area contributed by atoms with E-state index in [1.165, 1.54) is 11.8 Å². The summed E-state index contributed by atoms with van der Waals surface area (Å²) in [4.78, 5) is 37.1. The number of carbonyl (C=O) groups is 2. The summed E-state index contributed by atoms with van der Waals surface area (Å²) >= 11 is 1.41. The second kappa shape index (κ2) is 12.6. The summed E-state index contributed by atoms with van der Waals surface area (Å²) in [6.45, 7) is 2.48. The zero-order valence-corrected chi connectivity index (χ0v) is 22.5. The summed E-state index contributed by atoms with van der Waals surface area (Å²) in [5.41, 5.74) is 3.15. The quantitative estimate of drug-likeness (QED) is 0.339. The van der Waals surface area contributed by atoms with Crippen LogP contribution in [0.1, 0.15) is 30.6 Å². The number of amides is 1. The number of aromatic nitrogens is 1. The second-order valence-electron chi connectivity index (χ2n) is 8.41. The van der Waals surface area contributed by atoms with Gasteiger partial charge in [-0.3, -0.25) is 9.78 Å². The lowest BCUT2D eigenvalue weighted by Crippen LogP contribution is -2.38. The van der Waals surface area contributed by atoms with Crippen molar-refractivity contribution in [2.75, 3.05) is 34.5 Å². The molecule has 38 heavy (non-hydrogen) atoms. The van der Waals surface area contributed by atoms with Crippen molar-refractivity contribution in [1.82, 2.24) is 15.2 Å². The molecule has 2 aliphatic rings. The molecule has 1 amide bonds. The van der Waals surface area contributed by atoms with E-state index in [-0.39, 0.29) is 25.5 Å². The zero-order chi connectivity index (χ0) is 27.1. The van der Waals surface area contributed by atoms with Crippen molar-refractivity contribution in [1.29, 1.82) is 0 Å². The zero-order valence-electron chi connectivity index (χ0n) is 21.7. The summed E-state index contributed by atoms with van der Waals surface area (Å²) in [7, 11) is 4.66. The smallest absolute Gasteiger partial charge is 0.338 e. The van der Waals surface area contributed by atoms with Gasteiger partial charge in [-0.25, -0.2) is 9.79 Å². The molecule has 0 fully saturated rings. The molecule has 1 N–H and O–H groups in total. The minimum absolute atomic E-state index is 0.0910. The monoisotopic (exact) mass is 538 g/mol. The molecular formula is C27H30N4O6S. The number of fused-ring (bicyclic) bond motifs is 1. The van der Waals surface area contributed by atoms with Crippen molar-refractivity contribution in [3.63, 3.8) is 0 Å². The van der Waals surface area contributed by atoms with E-state index in [2.05, 4.69) is 15.3 Å². The van der Waals surface area contributed by atoms with Crippen molar-refractivity contribution in [3.8, 4) is 11.5 Å². The van der Waals surface area contributed by atoms with Crippen LogP contribution in [-0.4, -0.2) is 61.5 Å². The van der Waals surface area contributed by atoms with E-state index in [0.717, 1.165) is 11.3 Å². The van der Waals surface area contributed by atoms with Crippen molar-refractivity contribution in [3.05, 3.63) is 76.2 Å². The number of nitrogens with one attached hydrogen (secondary N) is 1. The Morgan fingerprint density at radius 3 is 2.61 bits per heavy atom. The maximum Gasteiger partial charge on any atom is 0.338 e. The molecule has 2 aromatic rings. The second-order valence-corrected chi connectivity index (χ2v) is 9.25. The molecule has 0 radical (unpaired) electrons. The van der Waals surface area contributed by atoms with Crippen LogP contribution in [0.5, 0.6) is 11.5 Å². The van der Waals surface area contributed by atoms with E-state index < -0.39 is 12.0 Å². The highest BCUT2D eigenvalue weighted by molar-refractivity contribution is 8.16. The summed E-state index contributed by atoms with van der Waals surface area (Å²) < 4.78 is 21.5. The average Bonchev–Trinajstić information content (AvgIpc) is 3.32. The maximum atomic E-state index is 13.3. The SMILES string of the molecule is COCCOC(=O)C1=C(C)N=C2SC=C(CC(=O)NCc3ccccn3)N2[C@@H]1c1ccc(OC)c(OC)c1. The van der Waals surface area contributed by atoms with Crippen LogP contribution in [0.4, 0.5) is 0 Å². The number of aliphatic imine (C=N–C) groups is 1. The van der Waals surface area contributed by atoms with Crippen LogP contribution in [0.15, 0.2) is 70.0 Å². The number of carbonyl (C=O) groups excluding carboxylic acids is 2. The van der Waals surface area contributed by atoms with E-state index in [4.69, 9.17) is 18.9 Å². The van der Waals surface area contributed by atoms with Crippen LogP contribution in [0.3, 0.4) is 0 Å². The fourth-order valence-corrected chi connectivity index (χ4v) is 5.15. The fourth-order valence-electron chi connectivity index (χ4n) is 4.18. The number of esters is 1. The van der Waals surface area contributed by atoms with Gasteiger partial charge >= 0.3 is 5.97 Å². The topological polar surface area (TPSA) is 112 Å². The van der Waals surface area contributed by atoms with Gasteiger partial charge in [-0.15, -0.1) is 0 Å². The van der Waals surface area contributed by atoms with Crippen LogP contribution in [0.2, 0.25) is 0 Å². The summed E-state index contributed by atoms with van der Waals surface area (Å²) in [6, 6.07) is 10.4. The van der Waals surface area contributed by atoms with Crippen LogP contribution >= 0.6 is 11.8 Å². The molecule has 0 spiro atoms. The molecule has 0 unspecified atom stereocenters. The van der Waals surface area contributed by atoms with Crippen molar-refractivity contribution in [2.45, 2.75) is 25.9 Å². The minimum Gasteiger partial charge on any atom is -0.493 e. The number of benzene rings is 1. The Labute approximate surface area is 225 Å². The van der Waals surface area contributed by atoms with E-state index in [1.807, 2.05) is 40.6 Å². The standard InChI is InChI=1S/C27H30N4O6S/c1-17-24(26(33)37-12-11-34-2)25(18-8-9-21(35-3)22(13-18)36-4)31-20(16-38-27(31)30-17)14-23(32)29-15-19-7-5-6-10-28-19/h5-10,13,16,25H,11-12,14-15H2,1-4H3,(H,29,32)/t25-/m1/s1. The first-order valence-electron chi connectivity index (χ1n) is 12.0. The first kappa shape index (κ1) is 27.2. The third-order valence-corrected chi connectivity index (χ3v) is 6.89. The number of thioether (sulfide) groups is 1. The minimum atomic E-state index is -0.595. The number of ether oxygens (including phenoxy) is 4. The highest BCUT2D eigenvalue weighted by Gasteiger charge is 2.41. The third-order valence-electron chi connectivity index (χ3n) is 6.00. The number of hydrogen-bond donors (Lipinski definition) is 1. The predicted octanol–water partition coefficient (Wildman–Crippen LogP) is 3.57. The Morgan fingerprint density at radius 1 is 1.08 bits per heavy atom. The van der Waals surface area contributed by atoms with Gasteiger partial charge in [-0.2, -0.15) is 0 Å². The molecule has 1 atom stereocenters. The molecule has 4 rings (SSSR count). The molecule has 1 aromatic heterocycles. The van der Waals surface area contributed by atoms with Crippen molar-refractivity contribution >= 4 is 28.8 Å². The number of nitrogens with zero attached hydrogens (tertiary/aromatic N) is 3. The van der Waals surface area contributed by atoms with Gasteiger partial charge in [0.25, 0.3) is 0 Å². The highest BCUT2D eigenvalue weighted by Crippen LogP contribution is 2.46. The van der Waals surface area contributed by atoms with Gasteiger partial charge < -0.3 is 29.2 Å². The fraction of sp³-hybridized carbons (Fsp3) is 0.333. The lowest BCUT2D eigenvalue weighted by Gasteiger charge is -2.36. The van der Waals surface area contributed by atoms with Gasteiger partial charge in [0.2, 0.25) is 5.91 Å². The third kappa shape index (κ3) is 6.00. The van der Waals surface area contributed by atoms with Gasteiger partial charge in [0.1, 0.15) is 6.61 Å². The molecule has 0 saturated heterocycles. The van der Waals surface area contributed by atoms with Crippen molar-refractivity contribution < 1.29 is 28.5 Å². The Hall–Kier alpha value is -3.83. The molecule has 3 heterocycles. The number of amidine groups is 1. The molecule has 0 aliphatic carbocycles. The normalized spacial score (nSPS) is 16.4. The molecule has 11 heteroatoms. The number of methoxy groups -OCH3 is 3. The van der Waals surface area contributed by atoms with Gasteiger partial charge in [-0.1, -0.05) is 23.9 Å². The molecule has 0 saturated carbocycles. The Bertz CT molecular complexity index is 1280.